The Morgan fingerprint density at radius 2 is 1.89 bits per heavy atom. The highest BCUT2D eigenvalue weighted by Crippen LogP contribution is 2.07. The molecule has 0 aliphatic carbocycles. The molecule has 0 heterocycles. The molecular formula is C14H19NO3. The van der Waals surface area contributed by atoms with Crippen LogP contribution in [0, 0.1) is 6.92 Å². The number of amides is 1. The number of aryl methyl sites for hydroxylation is 1. The molecule has 0 bridgehead atoms. The summed E-state index contributed by atoms with van der Waals surface area (Å²) in [7, 11) is 0. The molecule has 98 valence electrons. The second-order valence-electron chi connectivity index (χ2n) is 4.19. The van der Waals surface area contributed by atoms with E-state index in [1.165, 1.54) is 6.92 Å². The first-order chi connectivity index (χ1) is 8.52. The van der Waals surface area contributed by atoms with E-state index in [2.05, 4.69) is 5.32 Å². The van der Waals surface area contributed by atoms with Crippen LogP contribution in [0.5, 0.6) is 0 Å². The third-order valence-electron chi connectivity index (χ3n) is 2.51. The fourth-order valence-corrected chi connectivity index (χ4v) is 1.64. The molecule has 0 radical (unpaired) electrons. The molecule has 0 aliphatic rings. The lowest BCUT2D eigenvalue weighted by Crippen LogP contribution is -2.42. The van der Waals surface area contributed by atoms with Crippen LogP contribution < -0.4 is 5.32 Å². The number of carbonyl (C=O) groups excluding carboxylic acids is 2. The molecule has 1 N–H and O–H groups in total. The summed E-state index contributed by atoms with van der Waals surface area (Å²) in [6, 6.07) is 7.23. The fraction of sp³-hybridized carbons (Fsp3) is 0.429. The van der Waals surface area contributed by atoms with Crippen molar-refractivity contribution in [2.75, 3.05) is 6.61 Å². The molecule has 1 aromatic rings. The number of hydrogen-bond donors (Lipinski definition) is 1. The van der Waals surface area contributed by atoms with E-state index in [-0.39, 0.29) is 5.91 Å². The minimum atomic E-state index is -0.620. The van der Waals surface area contributed by atoms with Crippen LogP contribution in [0.4, 0.5) is 0 Å². The summed E-state index contributed by atoms with van der Waals surface area (Å²) in [5.74, 6) is -0.631. The molecule has 1 rings (SSSR count). The van der Waals surface area contributed by atoms with E-state index in [0.29, 0.717) is 13.0 Å². The van der Waals surface area contributed by atoms with Gasteiger partial charge in [0.25, 0.3) is 0 Å². The van der Waals surface area contributed by atoms with Crippen molar-refractivity contribution < 1.29 is 14.3 Å². The molecule has 4 nitrogen and oxygen atoms in total. The second kappa shape index (κ2) is 6.79. The molecule has 0 unspecified atom stereocenters. The molecule has 0 spiro atoms. The van der Waals surface area contributed by atoms with Crippen LogP contribution in [0.2, 0.25) is 0 Å². The first-order valence-corrected chi connectivity index (χ1v) is 6.02. The van der Waals surface area contributed by atoms with E-state index in [9.17, 15) is 9.59 Å². The number of hydrogen-bond acceptors (Lipinski definition) is 3. The lowest BCUT2D eigenvalue weighted by Gasteiger charge is -2.16. The van der Waals surface area contributed by atoms with Gasteiger partial charge in [-0.2, -0.15) is 0 Å². The van der Waals surface area contributed by atoms with Crippen molar-refractivity contribution in [3.63, 3.8) is 0 Å². The summed E-state index contributed by atoms with van der Waals surface area (Å²) in [4.78, 5) is 22.8. The third kappa shape index (κ3) is 4.57. The van der Waals surface area contributed by atoms with Gasteiger partial charge in [-0.15, -0.1) is 0 Å². The minimum Gasteiger partial charge on any atom is -0.464 e. The molecule has 0 aromatic heterocycles. The molecule has 1 amide bonds. The van der Waals surface area contributed by atoms with Crippen molar-refractivity contribution in [3.05, 3.63) is 35.4 Å². The molecule has 0 aliphatic heterocycles. The zero-order valence-corrected chi connectivity index (χ0v) is 11.0. The highest BCUT2D eigenvalue weighted by atomic mass is 16.5. The maximum absolute atomic E-state index is 11.7. The van der Waals surface area contributed by atoms with Gasteiger partial charge >= 0.3 is 5.97 Å². The summed E-state index contributed by atoms with van der Waals surface area (Å²) in [5.41, 5.74) is 2.15. The zero-order chi connectivity index (χ0) is 13.5. The second-order valence-corrected chi connectivity index (χ2v) is 4.19. The molecule has 1 atom stereocenters. The lowest BCUT2D eigenvalue weighted by atomic mass is 10.0. The SMILES string of the molecule is CCOC(=O)[C@H](Cc1ccc(C)cc1)NC(C)=O. The van der Waals surface area contributed by atoms with Crippen LogP contribution in [-0.2, 0) is 20.7 Å². The van der Waals surface area contributed by atoms with E-state index in [1.54, 1.807) is 6.92 Å². The minimum absolute atomic E-state index is 0.236. The number of rotatable bonds is 5. The highest BCUT2D eigenvalue weighted by molar-refractivity contribution is 5.83. The maximum atomic E-state index is 11.7. The average molecular weight is 249 g/mol. The highest BCUT2D eigenvalue weighted by Gasteiger charge is 2.20. The van der Waals surface area contributed by atoms with Gasteiger partial charge in [-0.05, 0) is 19.4 Å². The summed E-state index contributed by atoms with van der Waals surface area (Å²) in [5, 5.41) is 2.61. The van der Waals surface area contributed by atoms with Crippen LogP contribution in [0.25, 0.3) is 0 Å². The van der Waals surface area contributed by atoms with Crippen LogP contribution in [0.1, 0.15) is 25.0 Å². The normalized spacial score (nSPS) is 11.7. The largest absolute Gasteiger partial charge is 0.464 e. The Hall–Kier alpha value is -1.84. The van der Waals surface area contributed by atoms with Crippen molar-refractivity contribution in [2.45, 2.75) is 33.2 Å². The molecular weight excluding hydrogens is 230 g/mol. The quantitative estimate of drug-likeness (QED) is 0.806. The Balaban J connectivity index is 2.74. The van der Waals surface area contributed by atoms with Gasteiger partial charge in [-0.3, -0.25) is 4.79 Å². The first kappa shape index (κ1) is 14.2. The van der Waals surface area contributed by atoms with Gasteiger partial charge in [0.1, 0.15) is 6.04 Å². The summed E-state index contributed by atoms with van der Waals surface area (Å²) in [6.07, 6.45) is 0.443. The lowest BCUT2D eigenvalue weighted by molar-refractivity contribution is -0.147. The van der Waals surface area contributed by atoms with Crippen molar-refractivity contribution >= 4 is 11.9 Å². The van der Waals surface area contributed by atoms with E-state index >= 15 is 0 Å². The van der Waals surface area contributed by atoms with Crippen molar-refractivity contribution in [3.8, 4) is 0 Å². The monoisotopic (exact) mass is 249 g/mol. The molecule has 1 aromatic carbocycles. The number of esters is 1. The average Bonchev–Trinajstić information content (AvgIpc) is 2.31. The van der Waals surface area contributed by atoms with Gasteiger partial charge < -0.3 is 10.1 Å². The number of nitrogens with one attached hydrogen (secondary N) is 1. The van der Waals surface area contributed by atoms with Crippen LogP contribution in [0.15, 0.2) is 24.3 Å². The van der Waals surface area contributed by atoms with Crippen molar-refractivity contribution in [1.82, 2.24) is 5.32 Å². The fourth-order valence-electron chi connectivity index (χ4n) is 1.64. The van der Waals surface area contributed by atoms with Gasteiger partial charge in [-0.1, -0.05) is 29.8 Å². The number of carbonyl (C=O) groups is 2. The Labute approximate surface area is 107 Å². The van der Waals surface area contributed by atoms with Crippen LogP contribution in [0.3, 0.4) is 0 Å². The van der Waals surface area contributed by atoms with Gasteiger partial charge in [0.15, 0.2) is 0 Å². The zero-order valence-electron chi connectivity index (χ0n) is 11.0. The first-order valence-electron chi connectivity index (χ1n) is 6.02. The van der Waals surface area contributed by atoms with E-state index in [4.69, 9.17) is 4.74 Å². The predicted octanol–water partition coefficient (Wildman–Crippen LogP) is 1.61. The van der Waals surface area contributed by atoms with Crippen LogP contribution >= 0.6 is 0 Å². The maximum Gasteiger partial charge on any atom is 0.328 e. The Morgan fingerprint density at radius 3 is 2.39 bits per heavy atom. The Kier molecular flexibility index (Phi) is 5.36. The smallest absolute Gasteiger partial charge is 0.328 e. The third-order valence-corrected chi connectivity index (χ3v) is 2.51. The molecule has 0 saturated heterocycles. The summed E-state index contributed by atoms with van der Waals surface area (Å²) >= 11 is 0. The molecule has 0 fully saturated rings. The topological polar surface area (TPSA) is 55.4 Å². The Morgan fingerprint density at radius 1 is 1.28 bits per heavy atom. The summed E-state index contributed by atoms with van der Waals surface area (Å²) in [6.45, 7) is 5.44. The molecule has 18 heavy (non-hydrogen) atoms. The van der Waals surface area contributed by atoms with Crippen molar-refractivity contribution in [1.29, 1.82) is 0 Å². The van der Waals surface area contributed by atoms with E-state index in [1.807, 2.05) is 31.2 Å². The molecule has 0 saturated carbocycles. The van der Waals surface area contributed by atoms with Gasteiger partial charge in [-0.25, -0.2) is 4.79 Å². The van der Waals surface area contributed by atoms with Crippen molar-refractivity contribution in [2.24, 2.45) is 0 Å². The van der Waals surface area contributed by atoms with Crippen LogP contribution in [-0.4, -0.2) is 24.5 Å². The van der Waals surface area contributed by atoms with E-state index in [0.717, 1.165) is 11.1 Å². The number of ether oxygens (including phenoxy) is 1. The van der Waals surface area contributed by atoms with Gasteiger partial charge in [0, 0.05) is 13.3 Å². The molecule has 4 heteroatoms. The summed E-state index contributed by atoms with van der Waals surface area (Å²) < 4.78 is 4.95. The number of benzene rings is 1. The Bertz CT molecular complexity index is 412. The van der Waals surface area contributed by atoms with Gasteiger partial charge in [0.2, 0.25) is 5.91 Å². The van der Waals surface area contributed by atoms with Gasteiger partial charge in [0.05, 0.1) is 6.61 Å². The van der Waals surface area contributed by atoms with E-state index < -0.39 is 12.0 Å². The predicted molar refractivity (Wildman–Crippen MR) is 69.1 cm³/mol. The standard InChI is InChI=1S/C14H19NO3/c1-4-18-14(17)13(15-11(3)16)9-12-7-5-10(2)6-8-12/h5-8,13H,4,9H2,1-3H3,(H,15,16)/t13-/m0/s1.